The number of nitrogens with two attached hydrogens (primary N) is 1. The lowest BCUT2D eigenvalue weighted by molar-refractivity contribution is 0.506. The van der Waals surface area contributed by atoms with E-state index >= 15 is 0 Å². The van der Waals surface area contributed by atoms with Gasteiger partial charge < -0.3 is 5.73 Å². The molecule has 0 aromatic heterocycles. The minimum absolute atomic E-state index is 0.0625. The van der Waals surface area contributed by atoms with Crippen LogP contribution in [0.3, 0.4) is 0 Å². The average molecular weight is 296 g/mol. The SMILES string of the molecule is NCC(Cc1ccc(Cl)cc1)Cc1cc(F)ccc1F. The maximum atomic E-state index is 13.6. The van der Waals surface area contributed by atoms with Crippen molar-refractivity contribution >= 4 is 11.6 Å². The first-order valence-electron chi connectivity index (χ1n) is 6.47. The van der Waals surface area contributed by atoms with Crippen molar-refractivity contribution in [1.82, 2.24) is 0 Å². The van der Waals surface area contributed by atoms with Gasteiger partial charge in [0.25, 0.3) is 0 Å². The molecule has 2 aromatic rings. The van der Waals surface area contributed by atoms with Crippen LogP contribution in [0, 0.1) is 17.6 Å². The van der Waals surface area contributed by atoms with Crippen LogP contribution >= 0.6 is 11.6 Å². The minimum Gasteiger partial charge on any atom is -0.330 e. The Bertz CT molecular complexity index is 569. The van der Waals surface area contributed by atoms with Crippen molar-refractivity contribution in [3.8, 4) is 0 Å². The van der Waals surface area contributed by atoms with Crippen LogP contribution in [-0.4, -0.2) is 6.54 Å². The molecule has 1 atom stereocenters. The molecule has 0 aliphatic heterocycles. The van der Waals surface area contributed by atoms with Gasteiger partial charge in [-0.05, 0) is 66.8 Å². The normalized spacial score (nSPS) is 12.4. The Balaban J connectivity index is 2.08. The standard InChI is InChI=1S/C16H16ClF2N/c17-14-3-1-11(2-4-14)7-12(10-20)8-13-9-15(18)5-6-16(13)19/h1-6,9,12H,7-8,10,20H2. The first kappa shape index (κ1) is 14.9. The third-order valence-electron chi connectivity index (χ3n) is 3.29. The Morgan fingerprint density at radius 1 is 1.00 bits per heavy atom. The van der Waals surface area contributed by atoms with Gasteiger partial charge in [-0.3, -0.25) is 0 Å². The van der Waals surface area contributed by atoms with Crippen LogP contribution in [0.2, 0.25) is 5.02 Å². The van der Waals surface area contributed by atoms with E-state index in [2.05, 4.69) is 0 Å². The van der Waals surface area contributed by atoms with Crippen molar-refractivity contribution in [1.29, 1.82) is 0 Å². The second-order valence-corrected chi connectivity index (χ2v) is 5.31. The molecule has 1 nitrogen and oxygen atoms in total. The zero-order valence-corrected chi connectivity index (χ0v) is 11.7. The van der Waals surface area contributed by atoms with Gasteiger partial charge in [-0.15, -0.1) is 0 Å². The van der Waals surface area contributed by atoms with Crippen LogP contribution in [0.5, 0.6) is 0 Å². The third kappa shape index (κ3) is 4.02. The molecule has 0 spiro atoms. The first-order valence-corrected chi connectivity index (χ1v) is 6.84. The number of benzene rings is 2. The van der Waals surface area contributed by atoms with Gasteiger partial charge in [0.2, 0.25) is 0 Å². The van der Waals surface area contributed by atoms with Crippen LogP contribution < -0.4 is 5.73 Å². The Morgan fingerprint density at radius 2 is 1.70 bits per heavy atom. The smallest absolute Gasteiger partial charge is 0.126 e. The van der Waals surface area contributed by atoms with E-state index in [0.29, 0.717) is 30.0 Å². The summed E-state index contributed by atoms with van der Waals surface area (Å²) in [6, 6.07) is 11.0. The molecule has 0 aliphatic carbocycles. The molecule has 2 N–H and O–H groups in total. The number of halogens is 3. The van der Waals surface area contributed by atoms with Gasteiger partial charge in [0, 0.05) is 5.02 Å². The molecule has 0 radical (unpaired) electrons. The predicted molar refractivity (Wildman–Crippen MR) is 77.8 cm³/mol. The summed E-state index contributed by atoms with van der Waals surface area (Å²) in [6.45, 7) is 0.415. The van der Waals surface area contributed by atoms with Crippen LogP contribution in [0.25, 0.3) is 0 Å². The van der Waals surface area contributed by atoms with E-state index in [4.69, 9.17) is 17.3 Å². The Hall–Kier alpha value is -1.45. The van der Waals surface area contributed by atoms with Crippen molar-refractivity contribution in [2.24, 2.45) is 11.7 Å². The predicted octanol–water partition coefficient (Wildman–Crippen LogP) is 3.98. The molecule has 0 amide bonds. The van der Waals surface area contributed by atoms with Crippen molar-refractivity contribution in [3.63, 3.8) is 0 Å². The fraction of sp³-hybridized carbons (Fsp3) is 0.250. The summed E-state index contributed by atoms with van der Waals surface area (Å²) < 4.78 is 26.8. The molecule has 106 valence electrons. The highest BCUT2D eigenvalue weighted by atomic mass is 35.5. The Labute approximate surface area is 122 Å². The van der Waals surface area contributed by atoms with Gasteiger partial charge in [-0.1, -0.05) is 23.7 Å². The van der Waals surface area contributed by atoms with E-state index in [1.54, 1.807) is 0 Å². The van der Waals surface area contributed by atoms with Gasteiger partial charge in [-0.25, -0.2) is 8.78 Å². The lowest BCUT2D eigenvalue weighted by atomic mass is 9.92. The molecule has 0 fully saturated rings. The highest BCUT2D eigenvalue weighted by molar-refractivity contribution is 6.30. The fourth-order valence-electron chi connectivity index (χ4n) is 2.20. The number of hydrogen-bond acceptors (Lipinski definition) is 1. The van der Waals surface area contributed by atoms with E-state index in [1.807, 2.05) is 24.3 Å². The minimum atomic E-state index is -0.427. The molecule has 0 saturated heterocycles. The maximum absolute atomic E-state index is 13.6. The van der Waals surface area contributed by atoms with Gasteiger partial charge in [0.05, 0.1) is 0 Å². The summed E-state index contributed by atoms with van der Waals surface area (Å²) in [6.07, 6.45) is 1.13. The maximum Gasteiger partial charge on any atom is 0.126 e. The molecule has 2 rings (SSSR count). The van der Waals surface area contributed by atoms with Crippen molar-refractivity contribution in [2.75, 3.05) is 6.54 Å². The van der Waals surface area contributed by atoms with Gasteiger partial charge in [-0.2, -0.15) is 0 Å². The van der Waals surface area contributed by atoms with Crippen LogP contribution in [0.4, 0.5) is 8.78 Å². The summed E-state index contributed by atoms with van der Waals surface area (Å²) in [5.74, 6) is -0.753. The topological polar surface area (TPSA) is 26.0 Å². The van der Waals surface area contributed by atoms with Gasteiger partial charge >= 0.3 is 0 Å². The quantitative estimate of drug-likeness (QED) is 0.887. The van der Waals surface area contributed by atoms with Crippen molar-refractivity contribution in [3.05, 3.63) is 70.2 Å². The highest BCUT2D eigenvalue weighted by Crippen LogP contribution is 2.19. The fourth-order valence-corrected chi connectivity index (χ4v) is 2.33. The lowest BCUT2D eigenvalue weighted by Gasteiger charge is -2.15. The van der Waals surface area contributed by atoms with E-state index < -0.39 is 5.82 Å². The van der Waals surface area contributed by atoms with Crippen LogP contribution in [0.1, 0.15) is 11.1 Å². The number of rotatable bonds is 5. The average Bonchev–Trinajstić information content (AvgIpc) is 2.44. The lowest BCUT2D eigenvalue weighted by Crippen LogP contribution is -2.20. The van der Waals surface area contributed by atoms with Gasteiger partial charge in [0.1, 0.15) is 11.6 Å². The van der Waals surface area contributed by atoms with Crippen molar-refractivity contribution < 1.29 is 8.78 Å². The molecule has 20 heavy (non-hydrogen) atoms. The van der Waals surface area contributed by atoms with E-state index in [1.165, 1.54) is 6.07 Å². The summed E-state index contributed by atoms with van der Waals surface area (Å²) in [7, 11) is 0. The molecular formula is C16H16ClF2N. The molecule has 0 bridgehead atoms. The van der Waals surface area contributed by atoms with E-state index in [0.717, 1.165) is 17.7 Å². The third-order valence-corrected chi connectivity index (χ3v) is 3.54. The summed E-state index contributed by atoms with van der Waals surface area (Å²) in [5, 5.41) is 0.675. The van der Waals surface area contributed by atoms with Gasteiger partial charge in [0.15, 0.2) is 0 Å². The molecule has 0 saturated carbocycles. The number of hydrogen-bond donors (Lipinski definition) is 1. The zero-order chi connectivity index (χ0) is 14.5. The molecule has 1 unspecified atom stereocenters. The van der Waals surface area contributed by atoms with Crippen LogP contribution in [0.15, 0.2) is 42.5 Å². The van der Waals surface area contributed by atoms with Crippen LogP contribution in [-0.2, 0) is 12.8 Å². The first-order chi connectivity index (χ1) is 9.58. The zero-order valence-electron chi connectivity index (χ0n) is 11.0. The highest BCUT2D eigenvalue weighted by Gasteiger charge is 2.13. The largest absolute Gasteiger partial charge is 0.330 e. The second kappa shape index (κ2) is 6.82. The Morgan fingerprint density at radius 3 is 2.35 bits per heavy atom. The van der Waals surface area contributed by atoms with E-state index in [9.17, 15) is 8.78 Å². The second-order valence-electron chi connectivity index (χ2n) is 4.87. The summed E-state index contributed by atoms with van der Waals surface area (Å²) in [4.78, 5) is 0. The molecule has 4 heteroatoms. The molecule has 0 aliphatic rings. The molecule has 0 heterocycles. The molecule has 2 aromatic carbocycles. The van der Waals surface area contributed by atoms with E-state index in [-0.39, 0.29) is 11.7 Å². The summed E-state index contributed by atoms with van der Waals surface area (Å²) in [5.41, 5.74) is 7.20. The monoisotopic (exact) mass is 295 g/mol. The molecular weight excluding hydrogens is 280 g/mol. The Kier molecular flexibility index (Phi) is 5.10. The summed E-state index contributed by atoms with van der Waals surface area (Å²) >= 11 is 5.83. The van der Waals surface area contributed by atoms with Crippen molar-refractivity contribution in [2.45, 2.75) is 12.8 Å².